The molecule has 1 aliphatic rings. The van der Waals surface area contributed by atoms with E-state index in [2.05, 4.69) is 15.0 Å². The van der Waals surface area contributed by atoms with Crippen LogP contribution in [0.4, 0.5) is 0 Å². The Morgan fingerprint density at radius 2 is 2.00 bits per heavy atom. The van der Waals surface area contributed by atoms with Crippen molar-refractivity contribution in [2.45, 2.75) is 52.0 Å². The van der Waals surface area contributed by atoms with E-state index in [1.54, 1.807) is 11.8 Å². The molecule has 1 saturated heterocycles. The second-order valence-electron chi connectivity index (χ2n) is 5.87. The number of carbonyl (C=O) groups is 1. The second-order valence-corrected chi connectivity index (χ2v) is 5.87. The normalized spacial score (nSPS) is 18.2. The lowest BCUT2D eigenvalue weighted by atomic mass is 10.2. The third-order valence-corrected chi connectivity index (χ3v) is 4.16. The summed E-state index contributed by atoms with van der Waals surface area (Å²) in [5, 5.41) is 3.86. The Hall–Kier alpha value is -1.43. The van der Waals surface area contributed by atoms with Crippen molar-refractivity contribution in [2.24, 2.45) is 0 Å². The average Bonchev–Trinajstić information content (AvgIpc) is 2.74. The summed E-state index contributed by atoms with van der Waals surface area (Å²) in [6.07, 6.45) is 5.59. The van der Waals surface area contributed by atoms with E-state index in [0.29, 0.717) is 24.7 Å². The van der Waals surface area contributed by atoms with Crippen LogP contribution in [0.15, 0.2) is 4.52 Å². The van der Waals surface area contributed by atoms with Crippen molar-refractivity contribution in [3.63, 3.8) is 0 Å². The standard InChI is InChI=1S/C15H26N4O2/c1-12(19-9-6-4-5-7-10-19)15(20)18(3)11-8-14-16-13(2)21-17-14/h12H,4-11H2,1-3H3. The lowest BCUT2D eigenvalue weighted by Gasteiger charge is -2.30. The van der Waals surface area contributed by atoms with Crippen LogP contribution in [0, 0.1) is 6.92 Å². The van der Waals surface area contributed by atoms with Crippen molar-refractivity contribution in [2.75, 3.05) is 26.7 Å². The molecule has 1 aliphatic heterocycles. The first kappa shape index (κ1) is 15.9. The summed E-state index contributed by atoms with van der Waals surface area (Å²) in [7, 11) is 1.85. The number of likely N-dealkylation sites (N-methyl/N-ethyl adjacent to an activating group) is 1. The van der Waals surface area contributed by atoms with Crippen molar-refractivity contribution < 1.29 is 9.32 Å². The highest BCUT2D eigenvalue weighted by Gasteiger charge is 2.24. The quantitative estimate of drug-likeness (QED) is 0.826. The first-order valence-corrected chi connectivity index (χ1v) is 7.86. The Morgan fingerprint density at radius 3 is 2.57 bits per heavy atom. The van der Waals surface area contributed by atoms with E-state index in [1.165, 1.54) is 25.7 Å². The highest BCUT2D eigenvalue weighted by molar-refractivity contribution is 5.81. The zero-order valence-electron chi connectivity index (χ0n) is 13.3. The zero-order chi connectivity index (χ0) is 15.2. The molecule has 0 N–H and O–H groups in total. The number of carbonyl (C=O) groups excluding carboxylic acids is 1. The summed E-state index contributed by atoms with van der Waals surface area (Å²) in [4.78, 5) is 20.8. The maximum absolute atomic E-state index is 12.5. The molecule has 0 radical (unpaired) electrons. The smallest absolute Gasteiger partial charge is 0.239 e. The third-order valence-electron chi connectivity index (χ3n) is 4.16. The molecular weight excluding hydrogens is 268 g/mol. The largest absolute Gasteiger partial charge is 0.344 e. The molecule has 6 nitrogen and oxygen atoms in total. The molecule has 1 unspecified atom stereocenters. The minimum absolute atomic E-state index is 0.0416. The van der Waals surface area contributed by atoms with E-state index in [4.69, 9.17) is 4.52 Å². The molecular formula is C15H26N4O2. The average molecular weight is 294 g/mol. The summed E-state index contributed by atoms with van der Waals surface area (Å²) in [6.45, 7) is 6.47. The van der Waals surface area contributed by atoms with E-state index < -0.39 is 0 Å². The number of nitrogens with zero attached hydrogens (tertiary/aromatic N) is 4. The van der Waals surface area contributed by atoms with Gasteiger partial charge >= 0.3 is 0 Å². The van der Waals surface area contributed by atoms with Crippen molar-refractivity contribution in [3.8, 4) is 0 Å². The van der Waals surface area contributed by atoms with Gasteiger partial charge in [-0.2, -0.15) is 4.98 Å². The number of likely N-dealkylation sites (tertiary alicyclic amines) is 1. The second kappa shape index (κ2) is 7.54. The summed E-state index contributed by atoms with van der Waals surface area (Å²) in [6, 6.07) is -0.0416. The molecule has 2 heterocycles. The minimum Gasteiger partial charge on any atom is -0.344 e. The van der Waals surface area contributed by atoms with Crippen LogP contribution in [0.1, 0.15) is 44.3 Å². The van der Waals surface area contributed by atoms with Crippen LogP contribution < -0.4 is 0 Å². The van der Waals surface area contributed by atoms with Gasteiger partial charge in [0, 0.05) is 26.9 Å². The molecule has 1 fully saturated rings. The number of aryl methyl sites for hydroxylation is 1. The first-order valence-electron chi connectivity index (χ1n) is 7.86. The Bertz CT molecular complexity index is 452. The number of hydrogen-bond donors (Lipinski definition) is 0. The number of rotatable bonds is 5. The van der Waals surface area contributed by atoms with Crippen LogP contribution in [0.2, 0.25) is 0 Å². The maximum Gasteiger partial charge on any atom is 0.239 e. The van der Waals surface area contributed by atoms with Crippen molar-refractivity contribution in [1.29, 1.82) is 0 Å². The summed E-state index contributed by atoms with van der Waals surface area (Å²) >= 11 is 0. The van der Waals surface area contributed by atoms with E-state index in [9.17, 15) is 4.79 Å². The minimum atomic E-state index is -0.0416. The summed E-state index contributed by atoms with van der Waals surface area (Å²) in [5.41, 5.74) is 0. The monoisotopic (exact) mass is 294 g/mol. The van der Waals surface area contributed by atoms with E-state index in [1.807, 2.05) is 14.0 Å². The molecule has 0 spiro atoms. The van der Waals surface area contributed by atoms with Crippen molar-refractivity contribution >= 4 is 5.91 Å². The fourth-order valence-electron chi connectivity index (χ4n) is 2.78. The molecule has 0 bridgehead atoms. The summed E-state index contributed by atoms with van der Waals surface area (Å²) < 4.78 is 4.94. The molecule has 0 aliphatic carbocycles. The molecule has 118 valence electrons. The van der Waals surface area contributed by atoms with Crippen molar-refractivity contribution in [3.05, 3.63) is 11.7 Å². The van der Waals surface area contributed by atoms with Crippen LogP contribution in [-0.2, 0) is 11.2 Å². The van der Waals surface area contributed by atoms with Gasteiger partial charge in [0.05, 0.1) is 6.04 Å². The Labute approximate surface area is 126 Å². The van der Waals surface area contributed by atoms with Crippen LogP contribution in [0.5, 0.6) is 0 Å². The van der Waals surface area contributed by atoms with Crippen LogP contribution in [0.3, 0.4) is 0 Å². The molecule has 1 aromatic rings. The Kier molecular flexibility index (Phi) is 5.73. The number of amides is 1. The maximum atomic E-state index is 12.5. The van der Waals surface area contributed by atoms with Gasteiger partial charge in [-0.1, -0.05) is 18.0 Å². The van der Waals surface area contributed by atoms with Gasteiger partial charge in [0.25, 0.3) is 0 Å². The third kappa shape index (κ3) is 4.52. The highest BCUT2D eigenvalue weighted by atomic mass is 16.5. The van der Waals surface area contributed by atoms with Crippen LogP contribution >= 0.6 is 0 Å². The molecule has 2 rings (SSSR count). The van der Waals surface area contributed by atoms with Gasteiger partial charge in [0.15, 0.2) is 5.82 Å². The van der Waals surface area contributed by atoms with Crippen LogP contribution in [-0.4, -0.2) is 58.6 Å². The summed E-state index contributed by atoms with van der Waals surface area (Å²) in [5.74, 6) is 1.41. The topological polar surface area (TPSA) is 62.5 Å². The SMILES string of the molecule is Cc1nc(CCN(C)C(=O)C(C)N2CCCCCC2)no1. The molecule has 21 heavy (non-hydrogen) atoms. The van der Waals surface area contributed by atoms with Gasteiger partial charge in [-0.15, -0.1) is 0 Å². The van der Waals surface area contributed by atoms with Gasteiger partial charge < -0.3 is 9.42 Å². The highest BCUT2D eigenvalue weighted by Crippen LogP contribution is 2.13. The fraction of sp³-hybridized carbons (Fsp3) is 0.800. The molecule has 0 saturated carbocycles. The van der Waals surface area contributed by atoms with Gasteiger partial charge in [0.2, 0.25) is 11.8 Å². The van der Waals surface area contributed by atoms with Gasteiger partial charge in [0.1, 0.15) is 0 Å². The van der Waals surface area contributed by atoms with Crippen molar-refractivity contribution in [1.82, 2.24) is 19.9 Å². The van der Waals surface area contributed by atoms with E-state index in [-0.39, 0.29) is 11.9 Å². The lowest BCUT2D eigenvalue weighted by molar-refractivity contribution is -0.135. The molecule has 0 aromatic carbocycles. The van der Waals surface area contributed by atoms with Gasteiger partial charge in [-0.25, -0.2) is 0 Å². The Balaban J connectivity index is 1.82. The lowest BCUT2D eigenvalue weighted by Crippen LogP contribution is -2.46. The zero-order valence-corrected chi connectivity index (χ0v) is 13.3. The predicted octanol–water partition coefficient (Wildman–Crippen LogP) is 1.64. The molecule has 1 atom stereocenters. The number of aromatic nitrogens is 2. The van der Waals surface area contributed by atoms with Gasteiger partial charge in [-0.05, 0) is 32.9 Å². The predicted molar refractivity (Wildman–Crippen MR) is 79.9 cm³/mol. The van der Waals surface area contributed by atoms with Gasteiger partial charge in [-0.3, -0.25) is 9.69 Å². The molecule has 6 heteroatoms. The Morgan fingerprint density at radius 1 is 1.33 bits per heavy atom. The van der Waals surface area contributed by atoms with E-state index >= 15 is 0 Å². The fourth-order valence-corrected chi connectivity index (χ4v) is 2.78. The van der Waals surface area contributed by atoms with E-state index in [0.717, 1.165) is 13.1 Å². The van der Waals surface area contributed by atoms with Crippen LogP contribution in [0.25, 0.3) is 0 Å². The number of hydrogen-bond acceptors (Lipinski definition) is 5. The molecule has 1 aromatic heterocycles. The molecule has 1 amide bonds. The first-order chi connectivity index (χ1) is 10.1.